The summed E-state index contributed by atoms with van der Waals surface area (Å²) in [5.41, 5.74) is 5.18. The van der Waals surface area contributed by atoms with Gasteiger partial charge in [0.05, 0.1) is 19.4 Å². The van der Waals surface area contributed by atoms with E-state index in [0.717, 1.165) is 33.5 Å². The molecular weight excluding hydrogens is 326 g/mol. The Kier molecular flexibility index (Phi) is 5.49. The maximum atomic E-state index is 12.0. The summed E-state index contributed by atoms with van der Waals surface area (Å²) in [5.74, 6) is 0.610. The van der Waals surface area contributed by atoms with Gasteiger partial charge in [0.1, 0.15) is 5.75 Å². The summed E-state index contributed by atoms with van der Waals surface area (Å²) in [6, 6.07) is 21.4. The number of anilines is 1. The van der Waals surface area contributed by atoms with Crippen molar-refractivity contribution in [2.75, 3.05) is 19.0 Å². The molecule has 0 saturated carbocycles. The Balaban J connectivity index is 1.72. The number of fused-ring (bicyclic) bond motifs is 1. The van der Waals surface area contributed by atoms with Crippen LogP contribution in [0.1, 0.15) is 12.5 Å². The number of para-hydroxylation sites is 1. The molecular formula is C21H21N3O2. The lowest BCUT2D eigenvalue weighted by molar-refractivity contribution is -0.119. The minimum atomic E-state index is -0.203. The van der Waals surface area contributed by atoms with Crippen molar-refractivity contribution in [3.8, 4) is 5.75 Å². The maximum Gasteiger partial charge on any atom is 0.259 e. The van der Waals surface area contributed by atoms with Gasteiger partial charge in [-0.3, -0.25) is 4.79 Å². The highest BCUT2D eigenvalue weighted by Crippen LogP contribution is 2.28. The van der Waals surface area contributed by atoms with Gasteiger partial charge in [0, 0.05) is 16.6 Å². The SMILES string of the molecule is COc1ccc(/C(C)=N\NC(=O)CNc2ccccc2)c2ccccc12. The molecule has 0 saturated heterocycles. The molecule has 1 amide bonds. The number of nitrogens with zero attached hydrogens (tertiary/aromatic N) is 1. The van der Waals surface area contributed by atoms with Crippen LogP contribution in [-0.2, 0) is 4.79 Å². The van der Waals surface area contributed by atoms with E-state index in [1.165, 1.54) is 0 Å². The zero-order valence-corrected chi connectivity index (χ0v) is 14.8. The van der Waals surface area contributed by atoms with Crippen molar-refractivity contribution in [2.45, 2.75) is 6.92 Å². The third kappa shape index (κ3) is 4.00. The van der Waals surface area contributed by atoms with Crippen molar-refractivity contribution in [3.05, 3.63) is 72.3 Å². The minimum Gasteiger partial charge on any atom is -0.496 e. The molecule has 0 fully saturated rings. The molecule has 0 aliphatic carbocycles. The average molecular weight is 347 g/mol. The lowest BCUT2D eigenvalue weighted by atomic mass is 10.0. The monoisotopic (exact) mass is 347 g/mol. The van der Waals surface area contributed by atoms with Gasteiger partial charge in [0.15, 0.2) is 0 Å². The Morgan fingerprint density at radius 2 is 1.65 bits per heavy atom. The Bertz CT molecular complexity index is 936. The second-order valence-corrected chi connectivity index (χ2v) is 5.81. The van der Waals surface area contributed by atoms with E-state index in [2.05, 4.69) is 15.8 Å². The Labute approximate surface area is 152 Å². The molecule has 26 heavy (non-hydrogen) atoms. The fourth-order valence-corrected chi connectivity index (χ4v) is 2.75. The van der Waals surface area contributed by atoms with Crippen LogP contribution in [0.15, 0.2) is 71.8 Å². The summed E-state index contributed by atoms with van der Waals surface area (Å²) in [6.45, 7) is 2.03. The molecule has 2 N–H and O–H groups in total. The van der Waals surface area contributed by atoms with Gasteiger partial charge in [-0.1, -0.05) is 42.5 Å². The molecule has 132 valence electrons. The normalized spacial score (nSPS) is 11.2. The van der Waals surface area contributed by atoms with Gasteiger partial charge in [-0.15, -0.1) is 0 Å². The summed E-state index contributed by atoms with van der Waals surface area (Å²) < 4.78 is 5.42. The van der Waals surface area contributed by atoms with Gasteiger partial charge in [-0.05, 0) is 36.6 Å². The number of ether oxygens (including phenoxy) is 1. The van der Waals surface area contributed by atoms with E-state index in [0.29, 0.717) is 0 Å². The number of amides is 1. The molecule has 3 aromatic rings. The van der Waals surface area contributed by atoms with Gasteiger partial charge in [-0.2, -0.15) is 5.10 Å². The van der Waals surface area contributed by atoms with Gasteiger partial charge in [0.2, 0.25) is 0 Å². The molecule has 0 aliphatic heterocycles. The van der Waals surface area contributed by atoms with Crippen LogP contribution in [0.4, 0.5) is 5.69 Å². The molecule has 0 heterocycles. The number of benzene rings is 3. The number of hydrogen-bond acceptors (Lipinski definition) is 4. The molecule has 0 spiro atoms. The first kappa shape index (κ1) is 17.5. The number of carbonyl (C=O) groups is 1. The van der Waals surface area contributed by atoms with E-state index >= 15 is 0 Å². The lowest BCUT2D eigenvalue weighted by Gasteiger charge is -2.10. The number of carbonyl (C=O) groups excluding carboxylic acids is 1. The van der Waals surface area contributed by atoms with Crippen LogP contribution in [0, 0.1) is 0 Å². The van der Waals surface area contributed by atoms with Gasteiger partial charge in [-0.25, -0.2) is 5.43 Å². The summed E-state index contributed by atoms with van der Waals surface area (Å²) in [6.07, 6.45) is 0. The second-order valence-electron chi connectivity index (χ2n) is 5.81. The highest BCUT2D eigenvalue weighted by Gasteiger charge is 2.09. The molecule has 3 rings (SSSR count). The van der Waals surface area contributed by atoms with Crippen LogP contribution in [0.5, 0.6) is 5.75 Å². The zero-order chi connectivity index (χ0) is 18.4. The summed E-state index contributed by atoms with van der Waals surface area (Å²) >= 11 is 0. The van der Waals surface area contributed by atoms with E-state index in [-0.39, 0.29) is 12.5 Å². The predicted molar refractivity (Wildman–Crippen MR) is 106 cm³/mol. The summed E-state index contributed by atoms with van der Waals surface area (Å²) in [4.78, 5) is 12.0. The third-order valence-electron chi connectivity index (χ3n) is 4.07. The zero-order valence-electron chi connectivity index (χ0n) is 14.8. The highest BCUT2D eigenvalue weighted by atomic mass is 16.5. The number of methoxy groups -OCH3 is 1. The van der Waals surface area contributed by atoms with Crippen LogP contribution >= 0.6 is 0 Å². The lowest BCUT2D eigenvalue weighted by Crippen LogP contribution is -2.26. The smallest absolute Gasteiger partial charge is 0.259 e. The molecule has 0 aromatic heterocycles. The van der Waals surface area contributed by atoms with Crippen LogP contribution in [0.3, 0.4) is 0 Å². The standard InChI is InChI=1S/C21H21N3O2/c1-15(23-24-21(25)14-22-16-8-4-3-5-9-16)17-12-13-20(26-2)19-11-7-6-10-18(17)19/h3-13,22H,14H2,1-2H3,(H,24,25)/b23-15-. The van der Waals surface area contributed by atoms with Crippen LogP contribution in [0.25, 0.3) is 10.8 Å². The fraction of sp³-hybridized carbons (Fsp3) is 0.143. The number of hydrogen-bond donors (Lipinski definition) is 2. The van der Waals surface area contributed by atoms with Crippen molar-refractivity contribution >= 4 is 28.1 Å². The molecule has 0 bridgehead atoms. The molecule has 5 heteroatoms. The molecule has 5 nitrogen and oxygen atoms in total. The first-order valence-corrected chi connectivity index (χ1v) is 8.37. The number of rotatable bonds is 6. The molecule has 0 radical (unpaired) electrons. The first-order valence-electron chi connectivity index (χ1n) is 8.37. The van der Waals surface area contributed by atoms with Crippen LogP contribution in [0.2, 0.25) is 0 Å². The van der Waals surface area contributed by atoms with Gasteiger partial charge < -0.3 is 10.1 Å². The molecule has 0 aliphatic rings. The average Bonchev–Trinajstić information content (AvgIpc) is 2.70. The minimum absolute atomic E-state index is 0.157. The van der Waals surface area contributed by atoms with E-state index in [9.17, 15) is 4.79 Å². The van der Waals surface area contributed by atoms with Gasteiger partial charge >= 0.3 is 0 Å². The third-order valence-corrected chi connectivity index (χ3v) is 4.07. The van der Waals surface area contributed by atoms with Crippen molar-refractivity contribution in [1.82, 2.24) is 5.43 Å². The molecule has 3 aromatic carbocycles. The second kappa shape index (κ2) is 8.16. The van der Waals surface area contributed by atoms with E-state index in [1.807, 2.05) is 73.7 Å². The highest BCUT2D eigenvalue weighted by molar-refractivity contribution is 6.11. The Hall–Kier alpha value is -3.34. The van der Waals surface area contributed by atoms with Crippen molar-refractivity contribution in [3.63, 3.8) is 0 Å². The van der Waals surface area contributed by atoms with E-state index in [1.54, 1.807) is 7.11 Å². The number of nitrogens with one attached hydrogen (secondary N) is 2. The van der Waals surface area contributed by atoms with Gasteiger partial charge in [0.25, 0.3) is 5.91 Å². The summed E-state index contributed by atoms with van der Waals surface area (Å²) in [7, 11) is 1.66. The van der Waals surface area contributed by atoms with E-state index in [4.69, 9.17) is 4.74 Å². The quantitative estimate of drug-likeness (QED) is 0.527. The molecule has 0 unspecified atom stereocenters. The maximum absolute atomic E-state index is 12.0. The topological polar surface area (TPSA) is 62.7 Å². The first-order chi connectivity index (χ1) is 12.7. The fourth-order valence-electron chi connectivity index (χ4n) is 2.75. The Morgan fingerprint density at radius 3 is 2.38 bits per heavy atom. The Morgan fingerprint density at radius 1 is 0.962 bits per heavy atom. The largest absolute Gasteiger partial charge is 0.496 e. The van der Waals surface area contributed by atoms with Crippen LogP contribution < -0.4 is 15.5 Å². The van der Waals surface area contributed by atoms with E-state index < -0.39 is 0 Å². The summed E-state index contributed by atoms with van der Waals surface area (Å²) in [5, 5.41) is 9.35. The van der Waals surface area contributed by atoms with Crippen LogP contribution in [-0.4, -0.2) is 25.3 Å². The van der Waals surface area contributed by atoms with Crippen molar-refractivity contribution in [1.29, 1.82) is 0 Å². The number of hydrazone groups is 1. The molecule has 0 atom stereocenters. The van der Waals surface area contributed by atoms with Crippen molar-refractivity contribution in [2.24, 2.45) is 5.10 Å². The predicted octanol–water partition coefficient (Wildman–Crippen LogP) is 3.80. The van der Waals surface area contributed by atoms with Crippen molar-refractivity contribution < 1.29 is 9.53 Å².